The van der Waals surface area contributed by atoms with Crippen molar-refractivity contribution in [2.45, 2.75) is 6.92 Å². The number of benzene rings is 1. The average molecular weight is 283 g/mol. The largest absolute Gasteiger partial charge is 0.320 e. The zero-order chi connectivity index (χ0) is 14.0. The number of carbonyl (C=O) groups excluding carboxylic acids is 1. The number of amides is 1. The van der Waals surface area contributed by atoms with E-state index in [-0.39, 0.29) is 16.3 Å². The first-order chi connectivity index (χ1) is 8.97. The molecule has 0 saturated carbocycles. The molecule has 0 radical (unpaired) electrons. The third kappa shape index (κ3) is 3.06. The van der Waals surface area contributed by atoms with E-state index in [0.29, 0.717) is 11.8 Å². The number of aromatic nitrogens is 1. The highest BCUT2D eigenvalue weighted by atomic mass is 35.5. The Balaban J connectivity index is 2.25. The second kappa shape index (κ2) is 5.32. The molecule has 0 atom stereocenters. The van der Waals surface area contributed by atoms with E-state index in [1.165, 1.54) is 25.3 Å². The van der Waals surface area contributed by atoms with Gasteiger partial charge in [0.15, 0.2) is 0 Å². The lowest BCUT2D eigenvalue weighted by molar-refractivity contribution is 0.102. The number of hydrogen-bond donors (Lipinski definition) is 1. The van der Waals surface area contributed by atoms with Crippen molar-refractivity contribution in [3.05, 3.63) is 58.4 Å². The van der Waals surface area contributed by atoms with E-state index in [1.54, 1.807) is 0 Å². The Morgan fingerprint density at radius 3 is 2.63 bits per heavy atom. The summed E-state index contributed by atoms with van der Waals surface area (Å²) in [6, 6.07) is 4.86. The number of carbonyl (C=O) groups is 1. The van der Waals surface area contributed by atoms with Gasteiger partial charge in [-0.05, 0) is 30.7 Å². The van der Waals surface area contributed by atoms with E-state index in [2.05, 4.69) is 10.3 Å². The Labute approximate surface area is 113 Å². The fourth-order valence-corrected chi connectivity index (χ4v) is 1.59. The van der Waals surface area contributed by atoms with Gasteiger partial charge in [0, 0.05) is 6.07 Å². The molecular formula is C13H9ClF2N2O. The van der Waals surface area contributed by atoms with Crippen LogP contribution >= 0.6 is 11.6 Å². The van der Waals surface area contributed by atoms with Crippen molar-refractivity contribution in [1.29, 1.82) is 0 Å². The smallest absolute Gasteiger partial charge is 0.258 e. The quantitative estimate of drug-likeness (QED) is 0.856. The van der Waals surface area contributed by atoms with Crippen molar-refractivity contribution in [3.8, 4) is 0 Å². The predicted molar refractivity (Wildman–Crippen MR) is 68.3 cm³/mol. The highest BCUT2D eigenvalue weighted by Crippen LogP contribution is 2.16. The molecule has 6 heteroatoms. The van der Waals surface area contributed by atoms with E-state index in [1.807, 2.05) is 0 Å². The number of halogens is 3. The van der Waals surface area contributed by atoms with Crippen LogP contribution in [0.15, 0.2) is 30.5 Å². The Kier molecular flexibility index (Phi) is 3.76. The summed E-state index contributed by atoms with van der Waals surface area (Å²) in [5.41, 5.74) is 0.338. The predicted octanol–water partition coefficient (Wildman–Crippen LogP) is 3.57. The number of aryl methyl sites for hydroxylation is 1. The summed E-state index contributed by atoms with van der Waals surface area (Å²) in [6.07, 6.45) is 1.34. The van der Waals surface area contributed by atoms with E-state index < -0.39 is 17.5 Å². The third-order valence-corrected chi connectivity index (χ3v) is 2.70. The standard InChI is InChI=1S/C13H9ClF2N2O/c1-7-4-9(11(16)5-10(7)15)13(19)18-8-2-3-12(14)17-6-8/h2-6H,1H3,(H,18,19). The lowest BCUT2D eigenvalue weighted by atomic mass is 10.1. The van der Waals surface area contributed by atoms with Gasteiger partial charge in [0.2, 0.25) is 0 Å². The number of anilines is 1. The summed E-state index contributed by atoms with van der Waals surface area (Å²) in [6.45, 7) is 1.45. The number of pyridine rings is 1. The van der Waals surface area contributed by atoms with Gasteiger partial charge >= 0.3 is 0 Å². The van der Waals surface area contributed by atoms with Crippen LogP contribution < -0.4 is 5.32 Å². The summed E-state index contributed by atoms with van der Waals surface area (Å²) in [4.78, 5) is 15.6. The zero-order valence-corrected chi connectivity index (χ0v) is 10.6. The van der Waals surface area contributed by atoms with Crippen LogP contribution in [0, 0.1) is 18.6 Å². The number of rotatable bonds is 2. The van der Waals surface area contributed by atoms with Gasteiger partial charge in [-0.25, -0.2) is 13.8 Å². The van der Waals surface area contributed by atoms with Crippen LogP contribution in [0.1, 0.15) is 15.9 Å². The van der Waals surface area contributed by atoms with Gasteiger partial charge in [0.05, 0.1) is 17.4 Å². The Morgan fingerprint density at radius 1 is 1.26 bits per heavy atom. The molecule has 2 aromatic rings. The van der Waals surface area contributed by atoms with Crippen LogP contribution in [-0.2, 0) is 0 Å². The van der Waals surface area contributed by atoms with Gasteiger partial charge in [0.1, 0.15) is 16.8 Å². The fraction of sp³-hybridized carbons (Fsp3) is 0.0769. The van der Waals surface area contributed by atoms with Gasteiger partial charge in [-0.1, -0.05) is 11.6 Å². The average Bonchev–Trinajstić information content (AvgIpc) is 2.36. The molecule has 3 nitrogen and oxygen atoms in total. The third-order valence-electron chi connectivity index (χ3n) is 2.48. The number of nitrogens with one attached hydrogen (secondary N) is 1. The topological polar surface area (TPSA) is 42.0 Å². The zero-order valence-electron chi connectivity index (χ0n) is 9.88. The summed E-state index contributed by atoms with van der Waals surface area (Å²) >= 11 is 5.60. The van der Waals surface area contributed by atoms with Crippen molar-refractivity contribution in [3.63, 3.8) is 0 Å². The monoisotopic (exact) mass is 282 g/mol. The Hall–Kier alpha value is -2.01. The Morgan fingerprint density at radius 2 is 2.00 bits per heavy atom. The van der Waals surface area contributed by atoms with E-state index in [0.717, 1.165) is 6.07 Å². The second-order valence-corrected chi connectivity index (χ2v) is 4.29. The van der Waals surface area contributed by atoms with Crippen molar-refractivity contribution in [1.82, 2.24) is 4.98 Å². The van der Waals surface area contributed by atoms with E-state index in [9.17, 15) is 13.6 Å². The first-order valence-electron chi connectivity index (χ1n) is 5.36. The molecule has 0 spiro atoms. The van der Waals surface area contributed by atoms with Crippen molar-refractivity contribution >= 4 is 23.2 Å². The van der Waals surface area contributed by atoms with Crippen molar-refractivity contribution in [2.24, 2.45) is 0 Å². The summed E-state index contributed by atoms with van der Waals surface area (Å²) < 4.78 is 26.6. The molecule has 1 amide bonds. The van der Waals surface area contributed by atoms with Gasteiger partial charge in [-0.3, -0.25) is 4.79 Å². The number of hydrogen-bond acceptors (Lipinski definition) is 2. The summed E-state index contributed by atoms with van der Waals surface area (Å²) in [7, 11) is 0. The minimum absolute atomic E-state index is 0.195. The lowest BCUT2D eigenvalue weighted by Gasteiger charge is -2.07. The van der Waals surface area contributed by atoms with Gasteiger partial charge in [-0.2, -0.15) is 0 Å². The maximum Gasteiger partial charge on any atom is 0.258 e. The van der Waals surface area contributed by atoms with Crippen LogP contribution in [0.25, 0.3) is 0 Å². The first-order valence-corrected chi connectivity index (χ1v) is 5.73. The van der Waals surface area contributed by atoms with Gasteiger partial charge in [0.25, 0.3) is 5.91 Å². The highest BCUT2D eigenvalue weighted by molar-refractivity contribution is 6.29. The SMILES string of the molecule is Cc1cc(C(=O)Nc2ccc(Cl)nc2)c(F)cc1F. The molecule has 0 unspecified atom stereocenters. The molecule has 19 heavy (non-hydrogen) atoms. The molecule has 0 aliphatic carbocycles. The van der Waals surface area contributed by atoms with Crippen LogP contribution in [0.3, 0.4) is 0 Å². The minimum Gasteiger partial charge on any atom is -0.320 e. The van der Waals surface area contributed by atoms with Crippen LogP contribution in [0.4, 0.5) is 14.5 Å². The van der Waals surface area contributed by atoms with Crippen LogP contribution in [0.5, 0.6) is 0 Å². The maximum absolute atomic E-state index is 13.5. The molecule has 0 bridgehead atoms. The molecule has 0 saturated heterocycles. The Bertz CT molecular complexity index is 629. The van der Waals surface area contributed by atoms with E-state index >= 15 is 0 Å². The molecule has 2 rings (SSSR count). The van der Waals surface area contributed by atoms with Crippen LogP contribution in [-0.4, -0.2) is 10.9 Å². The molecule has 1 heterocycles. The summed E-state index contributed by atoms with van der Waals surface area (Å²) in [5, 5.41) is 2.73. The van der Waals surface area contributed by atoms with Crippen molar-refractivity contribution in [2.75, 3.05) is 5.32 Å². The van der Waals surface area contributed by atoms with Gasteiger partial charge in [-0.15, -0.1) is 0 Å². The second-order valence-electron chi connectivity index (χ2n) is 3.90. The minimum atomic E-state index is -0.914. The normalized spacial score (nSPS) is 10.3. The van der Waals surface area contributed by atoms with Crippen LogP contribution in [0.2, 0.25) is 5.15 Å². The fourth-order valence-electron chi connectivity index (χ4n) is 1.48. The molecule has 0 aliphatic rings. The molecule has 98 valence electrons. The molecule has 1 aromatic carbocycles. The molecule has 1 N–H and O–H groups in total. The molecular weight excluding hydrogens is 274 g/mol. The maximum atomic E-state index is 13.5. The molecule has 1 aromatic heterocycles. The first kappa shape index (κ1) is 13.4. The van der Waals surface area contributed by atoms with Crippen molar-refractivity contribution < 1.29 is 13.6 Å². The molecule has 0 aliphatic heterocycles. The number of nitrogens with zero attached hydrogens (tertiary/aromatic N) is 1. The van der Waals surface area contributed by atoms with Gasteiger partial charge < -0.3 is 5.32 Å². The van der Waals surface area contributed by atoms with E-state index in [4.69, 9.17) is 11.6 Å². The highest BCUT2D eigenvalue weighted by Gasteiger charge is 2.14. The summed E-state index contributed by atoms with van der Waals surface area (Å²) in [5.74, 6) is -2.28. The molecule has 0 fully saturated rings. The lowest BCUT2D eigenvalue weighted by Crippen LogP contribution is -2.14.